The molecular formula is C19H41N3O. The van der Waals surface area contributed by atoms with Gasteiger partial charge in [0.15, 0.2) is 0 Å². The normalized spacial score (nSPS) is 14.9. The molecule has 4 nitrogen and oxygen atoms in total. The van der Waals surface area contributed by atoms with E-state index < -0.39 is 0 Å². The third-order valence-electron chi connectivity index (χ3n) is 3.66. The van der Waals surface area contributed by atoms with Crippen molar-refractivity contribution in [1.29, 1.82) is 0 Å². The van der Waals surface area contributed by atoms with Gasteiger partial charge in [-0.05, 0) is 38.1 Å². The summed E-state index contributed by atoms with van der Waals surface area (Å²) < 4.78 is 0. The molecule has 0 radical (unpaired) electrons. The zero-order valence-corrected chi connectivity index (χ0v) is 16.2. The Hall–Kier alpha value is -1.05. The number of hydrogen-bond acceptors (Lipinski definition) is 3. The van der Waals surface area contributed by atoms with E-state index in [9.17, 15) is 4.79 Å². The Morgan fingerprint density at radius 2 is 1.65 bits per heavy atom. The Morgan fingerprint density at radius 1 is 1.17 bits per heavy atom. The van der Waals surface area contributed by atoms with E-state index in [1.54, 1.807) is 0 Å². The standard InChI is InChI=1S/C13H27N3O.2C2H6.C2H2/c1-2-4-11-6-9-16(10-7-11)13(17)12(15)5-3-8-14;3*1-2/h11-12H,2-10,14-15H2,1H3;2*1-2H3;1-2H/t12-;;;/m1.../s1. The van der Waals surface area contributed by atoms with Crippen LogP contribution in [0, 0.1) is 18.8 Å². The molecule has 0 aromatic heterocycles. The number of carbonyl (C=O) groups excluding carboxylic acids is 1. The maximum atomic E-state index is 12.0. The van der Waals surface area contributed by atoms with Crippen LogP contribution in [-0.4, -0.2) is 36.5 Å². The van der Waals surface area contributed by atoms with E-state index in [4.69, 9.17) is 11.5 Å². The van der Waals surface area contributed by atoms with Crippen LogP contribution in [0.4, 0.5) is 0 Å². The van der Waals surface area contributed by atoms with Gasteiger partial charge in [-0.15, -0.1) is 12.8 Å². The molecule has 4 N–H and O–H groups in total. The molecule has 1 rings (SSSR count). The molecule has 1 heterocycles. The topological polar surface area (TPSA) is 72.3 Å². The predicted octanol–water partition coefficient (Wildman–Crippen LogP) is 3.39. The molecule has 23 heavy (non-hydrogen) atoms. The fourth-order valence-electron chi connectivity index (χ4n) is 2.55. The van der Waals surface area contributed by atoms with Crippen LogP contribution in [0.25, 0.3) is 0 Å². The van der Waals surface area contributed by atoms with E-state index in [1.807, 2.05) is 32.6 Å². The number of nitrogens with two attached hydrogens (primary N) is 2. The lowest BCUT2D eigenvalue weighted by atomic mass is 9.92. The van der Waals surface area contributed by atoms with Gasteiger partial charge in [0.1, 0.15) is 0 Å². The maximum absolute atomic E-state index is 12.0. The van der Waals surface area contributed by atoms with Crippen molar-refractivity contribution >= 4 is 5.91 Å². The first-order valence-corrected chi connectivity index (χ1v) is 9.26. The van der Waals surface area contributed by atoms with Gasteiger partial charge < -0.3 is 16.4 Å². The molecule has 1 saturated heterocycles. The molecular weight excluding hydrogens is 286 g/mol. The average molecular weight is 328 g/mol. The molecule has 0 spiro atoms. The van der Waals surface area contributed by atoms with Gasteiger partial charge in [-0.1, -0.05) is 47.5 Å². The second-order valence-electron chi connectivity index (χ2n) is 5.09. The van der Waals surface area contributed by atoms with Crippen LogP contribution < -0.4 is 11.5 Å². The van der Waals surface area contributed by atoms with Crippen molar-refractivity contribution in [2.24, 2.45) is 17.4 Å². The molecule has 4 heteroatoms. The van der Waals surface area contributed by atoms with Crippen LogP contribution >= 0.6 is 0 Å². The van der Waals surface area contributed by atoms with Crippen LogP contribution in [-0.2, 0) is 4.79 Å². The van der Waals surface area contributed by atoms with E-state index in [0.29, 0.717) is 13.0 Å². The third-order valence-corrected chi connectivity index (χ3v) is 3.66. The number of likely N-dealkylation sites (tertiary alicyclic amines) is 1. The van der Waals surface area contributed by atoms with Crippen molar-refractivity contribution in [1.82, 2.24) is 4.90 Å². The molecule has 1 aliphatic rings. The van der Waals surface area contributed by atoms with Crippen molar-refractivity contribution in [2.45, 2.75) is 79.2 Å². The summed E-state index contributed by atoms with van der Waals surface area (Å²) in [6, 6.07) is -0.346. The first-order valence-electron chi connectivity index (χ1n) is 9.26. The molecule has 0 aliphatic carbocycles. The Labute approximate surface area is 145 Å². The van der Waals surface area contributed by atoms with Crippen LogP contribution in [0.15, 0.2) is 0 Å². The molecule has 0 aromatic rings. The third kappa shape index (κ3) is 13.1. The summed E-state index contributed by atoms with van der Waals surface area (Å²) in [6.07, 6.45) is 14.4. The first kappa shape index (κ1) is 26.8. The number of carbonyl (C=O) groups is 1. The number of nitrogens with zero attached hydrogens (tertiary/aromatic N) is 1. The Bertz CT molecular complexity index is 259. The second-order valence-corrected chi connectivity index (χ2v) is 5.09. The van der Waals surface area contributed by atoms with Crippen LogP contribution in [0.2, 0.25) is 0 Å². The number of piperidine rings is 1. The molecule has 138 valence electrons. The zero-order chi connectivity index (χ0) is 18.7. The summed E-state index contributed by atoms with van der Waals surface area (Å²) in [7, 11) is 0. The summed E-state index contributed by atoms with van der Waals surface area (Å²) in [6.45, 7) is 12.6. The van der Waals surface area contributed by atoms with Crippen LogP contribution in [0.1, 0.15) is 73.1 Å². The lowest BCUT2D eigenvalue weighted by molar-refractivity contribution is -0.134. The largest absolute Gasteiger partial charge is 0.341 e. The summed E-state index contributed by atoms with van der Waals surface area (Å²) in [5.41, 5.74) is 11.3. The summed E-state index contributed by atoms with van der Waals surface area (Å²) in [4.78, 5) is 14.0. The van der Waals surface area contributed by atoms with Gasteiger partial charge in [0, 0.05) is 13.1 Å². The highest BCUT2D eigenvalue weighted by molar-refractivity contribution is 5.81. The van der Waals surface area contributed by atoms with E-state index in [1.165, 1.54) is 12.8 Å². The molecule has 1 fully saturated rings. The van der Waals surface area contributed by atoms with Crippen molar-refractivity contribution in [3.8, 4) is 12.8 Å². The van der Waals surface area contributed by atoms with Crippen molar-refractivity contribution in [2.75, 3.05) is 19.6 Å². The summed E-state index contributed by atoms with van der Waals surface area (Å²) in [5.74, 6) is 0.928. The SMILES string of the molecule is C#C.CC.CC.CCCC1CCN(C(=O)[C@H](N)CCCN)CC1. The van der Waals surface area contributed by atoms with Crippen molar-refractivity contribution < 1.29 is 4.79 Å². The average Bonchev–Trinajstić information content (AvgIpc) is 2.65. The van der Waals surface area contributed by atoms with Gasteiger partial charge in [0.05, 0.1) is 6.04 Å². The molecule has 0 saturated carbocycles. The maximum Gasteiger partial charge on any atom is 0.239 e. The van der Waals surface area contributed by atoms with E-state index >= 15 is 0 Å². The highest BCUT2D eigenvalue weighted by Crippen LogP contribution is 2.22. The van der Waals surface area contributed by atoms with Gasteiger partial charge in [-0.3, -0.25) is 4.79 Å². The first-order chi connectivity index (χ1) is 11.2. The highest BCUT2D eigenvalue weighted by atomic mass is 16.2. The minimum absolute atomic E-state index is 0.119. The van der Waals surface area contributed by atoms with Gasteiger partial charge in [0.2, 0.25) is 5.91 Å². The van der Waals surface area contributed by atoms with Gasteiger partial charge in [0.25, 0.3) is 0 Å². The van der Waals surface area contributed by atoms with E-state index in [0.717, 1.165) is 38.3 Å². The van der Waals surface area contributed by atoms with E-state index in [-0.39, 0.29) is 11.9 Å². The Morgan fingerprint density at radius 3 is 2.04 bits per heavy atom. The lowest BCUT2D eigenvalue weighted by Crippen LogP contribution is -2.47. The number of amides is 1. The van der Waals surface area contributed by atoms with Crippen LogP contribution in [0.5, 0.6) is 0 Å². The summed E-state index contributed by atoms with van der Waals surface area (Å²) in [5, 5.41) is 0. The number of hydrogen-bond donors (Lipinski definition) is 2. The number of rotatable bonds is 6. The zero-order valence-electron chi connectivity index (χ0n) is 16.2. The van der Waals surface area contributed by atoms with Gasteiger partial charge in [-0.2, -0.15) is 0 Å². The van der Waals surface area contributed by atoms with Gasteiger partial charge >= 0.3 is 0 Å². The molecule has 0 unspecified atom stereocenters. The molecule has 1 atom stereocenters. The molecule has 1 amide bonds. The lowest BCUT2D eigenvalue weighted by Gasteiger charge is -2.33. The monoisotopic (exact) mass is 327 g/mol. The smallest absolute Gasteiger partial charge is 0.239 e. The minimum atomic E-state index is -0.346. The second kappa shape index (κ2) is 20.9. The van der Waals surface area contributed by atoms with E-state index in [2.05, 4.69) is 19.8 Å². The molecule has 0 bridgehead atoms. The Kier molecular flexibility index (Phi) is 24.4. The fraction of sp³-hybridized carbons (Fsp3) is 0.842. The van der Waals surface area contributed by atoms with Crippen molar-refractivity contribution in [3.63, 3.8) is 0 Å². The van der Waals surface area contributed by atoms with Gasteiger partial charge in [-0.25, -0.2) is 0 Å². The quantitative estimate of drug-likeness (QED) is 0.734. The van der Waals surface area contributed by atoms with Crippen LogP contribution in [0.3, 0.4) is 0 Å². The highest BCUT2D eigenvalue weighted by Gasteiger charge is 2.25. The fourth-order valence-corrected chi connectivity index (χ4v) is 2.55. The predicted molar refractivity (Wildman–Crippen MR) is 103 cm³/mol. The minimum Gasteiger partial charge on any atom is -0.341 e. The molecule has 1 aliphatic heterocycles. The Balaban J connectivity index is -0.000000595. The number of terminal acetylenes is 1. The molecule has 0 aromatic carbocycles. The van der Waals surface area contributed by atoms with Crippen molar-refractivity contribution in [3.05, 3.63) is 0 Å². The summed E-state index contributed by atoms with van der Waals surface area (Å²) >= 11 is 0.